The number of hydrogen-bond acceptors (Lipinski definition) is 4. The van der Waals surface area contributed by atoms with E-state index in [2.05, 4.69) is 12.2 Å². The van der Waals surface area contributed by atoms with Gasteiger partial charge in [0.05, 0.1) is 13.0 Å². The van der Waals surface area contributed by atoms with Gasteiger partial charge in [0, 0.05) is 18.2 Å². The van der Waals surface area contributed by atoms with Crippen molar-refractivity contribution in [1.29, 1.82) is 0 Å². The van der Waals surface area contributed by atoms with Crippen molar-refractivity contribution in [1.82, 2.24) is 10.2 Å². The number of carbonyl (C=O) groups excluding carboxylic acids is 2. The highest BCUT2D eigenvalue weighted by atomic mass is 16.5. The summed E-state index contributed by atoms with van der Waals surface area (Å²) in [7, 11) is 0. The minimum absolute atomic E-state index is 0.134. The molecule has 3 N–H and O–H groups in total. The number of benzene rings is 1. The normalized spacial score (nSPS) is 15.0. The Hall–Kier alpha value is -2.08. The third-order valence-corrected chi connectivity index (χ3v) is 4.24. The summed E-state index contributed by atoms with van der Waals surface area (Å²) < 4.78 is 5.62. The molecule has 1 aliphatic heterocycles. The highest BCUT2D eigenvalue weighted by Crippen LogP contribution is 2.16. The summed E-state index contributed by atoms with van der Waals surface area (Å²) in [5.74, 6) is 0.203. The van der Waals surface area contributed by atoms with Crippen LogP contribution in [0.15, 0.2) is 24.3 Å². The van der Waals surface area contributed by atoms with Gasteiger partial charge in [0.2, 0.25) is 11.8 Å². The lowest BCUT2D eigenvalue weighted by molar-refractivity contribution is -0.134. The summed E-state index contributed by atoms with van der Waals surface area (Å²) in [5.41, 5.74) is 5.66. The molecular weight excluding hydrogens is 306 g/mol. The monoisotopic (exact) mass is 333 g/mol. The highest BCUT2D eigenvalue weighted by molar-refractivity contribution is 5.93. The Bertz CT molecular complexity index is 556. The van der Waals surface area contributed by atoms with Crippen LogP contribution in [0.4, 0.5) is 0 Å². The van der Waals surface area contributed by atoms with E-state index in [-0.39, 0.29) is 5.91 Å². The van der Waals surface area contributed by atoms with Crippen LogP contribution in [0.5, 0.6) is 5.75 Å². The molecule has 0 spiro atoms. The summed E-state index contributed by atoms with van der Waals surface area (Å²) >= 11 is 0. The average Bonchev–Trinajstić information content (AvgIpc) is 2.60. The fourth-order valence-corrected chi connectivity index (χ4v) is 3.01. The predicted octanol–water partition coefficient (Wildman–Crippen LogP) is 1.54. The molecule has 0 aliphatic carbocycles. The van der Waals surface area contributed by atoms with Crippen LogP contribution in [0.1, 0.15) is 43.0 Å². The molecule has 1 fully saturated rings. The zero-order valence-corrected chi connectivity index (χ0v) is 14.3. The number of amides is 2. The first-order chi connectivity index (χ1) is 11.6. The van der Waals surface area contributed by atoms with Crippen LogP contribution < -0.4 is 15.8 Å². The summed E-state index contributed by atoms with van der Waals surface area (Å²) in [6.07, 6.45) is 3.31. The number of nitrogens with zero attached hydrogens (tertiary/aromatic N) is 1. The molecule has 0 atom stereocenters. The second-order valence-electron chi connectivity index (χ2n) is 6.06. The van der Waals surface area contributed by atoms with Crippen molar-refractivity contribution in [3.05, 3.63) is 29.8 Å². The molecule has 0 aromatic heterocycles. The van der Waals surface area contributed by atoms with E-state index in [1.807, 2.05) is 4.90 Å². The number of primary amides is 1. The van der Waals surface area contributed by atoms with Gasteiger partial charge in [0.15, 0.2) is 0 Å². The summed E-state index contributed by atoms with van der Waals surface area (Å²) in [5, 5.41) is 3.33. The number of hydrogen-bond donors (Lipinski definition) is 2. The van der Waals surface area contributed by atoms with Crippen molar-refractivity contribution in [2.24, 2.45) is 5.73 Å². The first-order valence-electron chi connectivity index (χ1n) is 8.64. The third-order valence-electron chi connectivity index (χ3n) is 4.24. The Balaban J connectivity index is 1.86. The van der Waals surface area contributed by atoms with Crippen molar-refractivity contribution in [2.75, 3.05) is 26.2 Å². The molecule has 24 heavy (non-hydrogen) atoms. The molecule has 0 bridgehead atoms. The summed E-state index contributed by atoms with van der Waals surface area (Å²) in [4.78, 5) is 25.7. The van der Waals surface area contributed by atoms with Gasteiger partial charge < -0.3 is 20.7 Å². The maximum Gasteiger partial charge on any atom is 0.248 e. The molecule has 0 radical (unpaired) electrons. The Morgan fingerprint density at radius 1 is 1.33 bits per heavy atom. The van der Waals surface area contributed by atoms with E-state index in [1.165, 1.54) is 0 Å². The van der Waals surface area contributed by atoms with Gasteiger partial charge in [-0.1, -0.05) is 13.0 Å². The van der Waals surface area contributed by atoms with Gasteiger partial charge in [-0.15, -0.1) is 0 Å². The first-order valence-corrected chi connectivity index (χ1v) is 8.64. The van der Waals surface area contributed by atoms with E-state index in [1.54, 1.807) is 24.3 Å². The van der Waals surface area contributed by atoms with E-state index in [0.29, 0.717) is 30.4 Å². The number of nitrogens with one attached hydrogen (secondary N) is 1. The molecule has 6 nitrogen and oxygen atoms in total. The molecule has 1 heterocycles. The van der Waals surface area contributed by atoms with Gasteiger partial charge in [-0.3, -0.25) is 9.59 Å². The molecule has 1 aromatic rings. The minimum Gasteiger partial charge on any atom is -0.493 e. The minimum atomic E-state index is -0.489. The Labute approximate surface area is 143 Å². The van der Waals surface area contributed by atoms with E-state index in [0.717, 1.165) is 38.9 Å². The number of rotatable bonds is 8. The van der Waals surface area contributed by atoms with Crippen LogP contribution in [-0.2, 0) is 4.79 Å². The van der Waals surface area contributed by atoms with Crippen molar-refractivity contribution < 1.29 is 14.3 Å². The lowest BCUT2D eigenvalue weighted by Crippen LogP contribution is -2.46. The molecule has 1 saturated heterocycles. The maximum absolute atomic E-state index is 12.5. The standard InChI is InChI=1S/C18H27N3O3/c1-2-11-21(15-6-9-20-10-7-15)17(22)8-12-24-16-5-3-4-14(13-16)18(19)23/h3-5,13,15,20H,2,6-12H2,1H3,(H2,19,23). The van der Waals surface area contributed by atoms with E-state index < -0.39 is 5.91 Å². The largest absolute Gasteiger partial charge is 0.493 e. The van der Waals surface area contributed by atoms with Gasteiger partial charge in [-0.2, -0.15) is 0 Å². The van der Waals surface area contributed by atoms with Gasteiger partial charge in [0.1, 0.15) is 5.75 Å². The number of nitrogens with two attached hydrogens (primary N) is 1. The Morgan fingerprint density at radius 2 is 2.08 bits per heavy atom. The highest BCUT2D eigenvalue weighted by Gasteiger charge is 2.24. The van der Waals surface area contributed by atoms with Gasteiger partial charge in [-0.25, -0.2) is 0 Å². The Morgan fingerprint density at radius 3 is 2.75 bits per heavy atom. The van der Waals surface area contributed by atoms with Crippen LogP contribution >= 0.6 is 0 Å². The average molecular weight is 333 g/mol. The lowest BCUT2D eigenvalue weighted by Gasteiger charge is -2.34. The molecule has 6 heteroatoms. The Kier molecular flexibility index (Phi) is 7.06. The third kappa shape index (κ3) is 5.23. The molecule has 0 unspecified atom stereocenters. The van der Waals surface area contributed by atoms with E-state index >= 15 is 0 Å². The second-order valence-corrected chi connectivity index (χ2v) is 6.06. The van der Waals surface area contributed by atoms with Gasteiger partial charge >= 0.3 is 0 Å². The van der Waals surface area contributed by atoms with Crippen molar-refractivity contribution in [3.63, 3.8) is 0 Å². The second kappa shape index (κ2) is 9.27. The SMILES string of the molecule is CCCN(C(=O)CCOc1cccc(C(N)=O)c1)C1CCNCC1. The van der Waals surface area contributed by atoms with Crippen LogP contribution in [0.3, 0.4) is 0 Å². The number of piperidine rings is 1. The molecule has 1 aromatic carbocycles. The molecule has 2 rings (SSSR count). The molecule has 2 amide bonds. The molecular formula is C18H27N3O3. The van der Waals surface area contributed by atoms with Crippen molar-refractivity contribution >= 4 is 11.8 Å². The van der Waals surface area contributed by atoms with E-state index in [9.17, 15) is 9.59 Å². The van der Waals surface area contributed by atoms with Crippen LogP contribution in [-0.4, -0.2) is 49.0 Å². The number of carbonyl (C=O) groups is 2. The molecule has 0 saturated carbocycles. The molecule has 1 aliphatic rings. The van der Waals surface area contributed by atoms with Crippen molar-refractivity contribution in [2.45, 2.75) is 38.6 Å². The quantitative estimate of drug-likeness (QED) is 0.756. The fraction of sp³-hybridized carbons (Fsp3) is 0.556. The smallest absolute Gasteiger partial charge is 0.248 e. The molecule has 132 valence electrons. The predicted molar refractivity (Wildman–Crippen MR) is 93.0 cm³/mol. The van der Waals surface area contributed by atoms with Crippen LogP contribution in [0, 0.1) is 0 Å². The van der Waals surface area contributed by atoms with Gasteiger partial charge in [-0.05, 0) is 50.6 Å². The zero-order chi connectivity index (χ0) is 17.4. The van der Waals surface area contributed by atoms with Crippen LogP contribution in [0.25, 0.3) is 0 Å². The first kappa shape index (κ1) is 18.3. The van der Waals surface area contributed by atoms with Crippen molar-refractivity contribution in [3.8, 4) is 5.75 Å². The van der Waals surface area contributed by atoms with Crippen LogP contribution in [0.2, 0.25) is 0 Å². The maximum atomic E-state index is 12.5. The fourth-order valence-electron chi connectivity index (χ4n) is 3.01. The zero-order valence-electron chi connectivity index (χ0n) is 14.3. The summed E-state index contributed by atoms with van der Waals surface area (Å²) in [6, 6.07) is 7.05. The van der Waals surface area contributed by atoms with E-state index in [4.69, 9.17) is 10.5 Å². The lowest BCUT2D eigenvalue weighted by atomic mass is 10.0. The van der Waals surface area contributed by atoms with Gasteiger partial charge in [0.25, 0.3) is 0 Å². The number of ether oxygens (including phenoxy) is 1. The topological polar surface area (TPSA) is 84.7 Å². The summed E-state index contributed by atoms with van der Waals surface area (Å²) in [6.45, 7) is 5.11.